The number of ether oxygens (including phenoxy) is 1. The molecule has 15 heavy (non-hydrogen) atoms. The number of aromatic nitrogens is 2. The molecular weight excluding hydrogens is 218 g/mol. The van der Waals surface area contributed by atoms with Gasteiger partial charge >= 0.3 is 0 Å². The summed E-state index contributed by atoms with van der Waals surface area (Å²) < 4.78 is 29.1. The number of hydrogen-bond donors (Lipinski definition) is 0. The van der Waals surface area contributed by atoms with Gasteiger partial charge in [-0.2, -0.15) is 9.19 Å². The molecule has 1 aromatic heterocycles. The Morgan fingerprint density at radius 3 is 3.07 bits per heavy atom. The number of aliphatic imine (C=N–C) groups is 1. The zero-order chi connectivity index (χ0) is 10.9. The third kappa shape index (κ3) is 1.93. The minimum atomic E-state index is -3.38. The van der Waals surface area contributed by atoms with E-state index in [1.807, 2.05) is 0 Å². The second kappa shape index (κ2) is 3.74. The van der Waals surface area contributed by atoms with Gasteiger partial charge in [0.05, 0.1) is 30.8 Å². The lowest BCUT2D eigenvalue weighted by atomic mass is 10.3. The van der Waals surface area contributed by atoms with Crippen molar-refractivity contribution in [3.05, 3.63) is 17.5 Å². The Hall–Kier alpha value is -1.21. The van der Waals surface area contributed by atoms with Crippen LogP contribution in [0, 0.1) is 0 Å². The van der Waals surface area contributed by atoms with Gasteiger partial charge < -0.3 is 4.74 Å². The fraction of sp³-hybridized carbons (Fsp3) is 0.500. The van der Waals surface area contributed by atoms with Crippen LogP contribution in [0.2, 0.25) is 0 Å². The average Bonchev–Trinajstić information content (AvgIpc) is 2.73. The fourth-order valence-electron chi connectivity index (χ4n) is 1.28. The van der Waals surface area contributed by atoms with E-state index < -0.39 is 10.0 Å². The highest BCUT2D eigenvalue weighted by Gasteiger charge is 2.19. The van der Waals surface area contributed by atoms with Gasteiger partial charge in [0.1, 0.15) is 0 Å². The highest BCUT2D eigenvalue weighted by atomic mass is 32.2. The molecule has 0 bridgehead atoms. The molecule has 0 aromatic carbocycles. The van der Waals surface area contributed by atoms with Gasteiger partial charge in [-0.05, 0) is 0 Å². The molecule has 1 aliphatic rings. The molecule has 2 rings (SSSR count). The summed E-state index contributed by atoms with van der Waals surface area (Å²) in [5, 5.41) is 3.96. The molecule has 0 saturated heterocycles. The third-order valence-corrected chi connectivity index (χ3v) is 3.54. The van der Waals surface area contributed by atoms with E-state index in [0.717, 1.165) is 9.65 Å². The standard InChI is InChI=1S/C8H11N3O3S/c1-14-2-3-15(12,13)11-6-7-4-9-5-8(7)10-11/h4,6H,2-3,5H2,1H3. The normalized spacial score (nSPS) is 14.5. The van der Waals surface area contributed by atoms with Gasteiger partial charge in [-0.1, -0.05) is 0 Å². The highest BCUT2D eigenvalue weighted by molar-refractivity contribution is 7.89. The predicted molar refractivity (Wildman–Crippen MR) is 54.6 cm³/mol. The summed E-state index contributed by atoms with van der Waals surface area (Å²) in [6.07, 6.45) is 3.11. The van der Waals surface area contributed by atoms with Crippen LogP contribution in [0.25, 0.3) is 0 Å². The second-order valence-corrected chi connectivity index (χ2v) is 5.13. The molecule has 2 heterocycles. The molecule has 0 radical (unpaired) electrons. The lowest BCUT2D eigenvalue weighted by Gasteiger charge is -2.02. The van der Waals surface area contributed by atoms with E-state index in [1.165, 1.54) is 13.3 Å². The van der Waals surface area contributed by atoms with Gasteiger partial charge in [0.25, 0.3) is 10.0 Å². The lowest BCUT2D eigenvalue weighted by molar-refractivity contribution is 0.217. The van der Waals surface area contributed by atoms with E-state index in [0.29, 0.717) is 12.2 Å². The minimum absolute atomic E-state index is 0.0683. The van der Waals surface area contributed by atoms with Gasteiger partial charge in [0, 0.05) is 18.9 Å². The van der Waals surface area contributed by atoms with Gasteiger partial charge in [-0.15, -0.1) is 0 Å². The van der Waals surface area contributed by atoms with Gasteiger partial charge in [0.2, 0.25) is 0 Å². The molecule has 0 atom stereocenters. The molecule has 0 unspecified atom stereocenters. The molecule has 6 nitrogen and oxygen atoms in total. The van der Waals surface area contributed by atoms with Crippen molar-refractivity contribution in [3.63, 3.8) is 0 Å². The van der Waals surface area contributed by atoms with E-state index in [9.17, 15) is 8.42 Å². The zero-order valence-corrected chi connectivity index (χ0v) is 9.07. The molecule has 0 spiro atoms. The summed E-state index contributed by atoms with van der Waals surface area (Å²) in [5.41, 5.74) is 1.48. The molecule has 0 amide bonds. The highest BCUT2D eigenvalue weighted by Crippen LogP contribution is 2.13. The van der Waals surface area contributed by atoms with Gasteiger partial charge in [-0.3, -0.25) is 4.99 Å². The summed E-state index contributed by atoms with van der Waals surface area (Å²) in [4.78, 5) is 3.98. The first-order chi connectivity index (χ1) is 7.13. The minimum Gasteiger partial charge on any atom is -0.384 e. The molecule has 0 fully saturated rings. The number of methoxy groups -OCH3 is 1. The maximum Gasteiger partial charge on any atom is 0.256 e. The SMILES string of the molecule is COCCS(=O)(=O)n1cc2c(n1)CN=C2. The van der Waals surface area contributed by atoms with Crippen molar-refractivity contribution in [3.8, 4) is 0 Å². The Labute approximate surface area is 87.6 Å². The summed E-state index contributed by atoms with van der Waals surface area (Å²) in [5.74, 6) is -0.0683. The van der Waals surface area contributed by atoms with Crippen molar-refractivity contribution in [1.82, 2.24) is 9.19 Å². The van der Waals surface area contributed by atoms with Crippen LogP contribution in [0.4, 0.5) is 0 Å². The average molecular weight is 229 g/mol. The summed E-state index contributed by atoms with van der Waals surface area (Å²) >= 11 is 0. The van der Waals surface area contributed by atoms with Crippen molar-refractivity contribution in [2.45, 2.75) is 6.54 Å². The zero-order valence-electron chi connectivity index (χ0n) is 8.25. The third-order valence-electron chi connectivity index (χ3n) is 2.10. The molecular formula is C8H11N3O3S. The van der Waals surface area contributed by atoms with Crippen molar-refractivity contribution < 1.29 is 13.2 Å². The first-order valence-electron chi connectivity index (χ1n) is 4.44. The number of fused-ring (bicyclic) bond motifs is 1. The monoisotopic (exact) mass is 229 g/mol. The summed E-state index contributed by atoms with van der Waals surface area (Å²) in [6, 6.07) is 0. The van der Waals surface area contributed by atoms with Gasteiger partial charge in [0.15, 0.2) is 0 Å². The number of nitrogens with zero attached hydrogens (tertiary/aromatic N) is 3. The smallest absolute Gasteiger partial charge is 0.256 e. The second-order valence-electron chi connectivity index (χ2n) is 3.18. The van der Waals surface area contributed by atoms with E-state index >= 15 is 0 Å². The van der Waals surface area contributed by atoms with E-state index in [1.54, 1.807) is 6.21 Å². The van der Waals surface area contributed by atoms with Crippen molar-refractivity contribution in [2.24, 2.45) is 4.99 Å². The Kier molecular flexibility index (Phi) is 2.57. The van der Waals surface area contributed by atoms with E-state index in [4.69, 9.17) is 4.74 Å². The molecule has 0 aliphatic carbocycles. The molecule has 82 valence electrons. The molecule has 7 heteroatoms. The van der Waals surface area contributed by atoms with Crippen LogP contribution in [-0.4, -0.2) is 43.3 Å². The van der Waals surface area contributed by atoms with Crippen molar-refractivity contribution in [2.75, 3.05) is 19.5 Å². The lowest BCUT2D eigenvalue weighted by Crippen LogP contribution is -2.20. The number of hydrogen-bond acceptors (Lipinski definition) is 5. The molecule has 0 saturated carbocycles. The Bertz CT molecular complexity index is 489. The van der Waals surface area contributed by atoms with Crippen LogP contribution in [0.15, 0.2) is 11.2 Å². The van der Waals surface area contributed by atoms with Crippen LogP contribution in [0.1, 0.15) is 11.3 Å². The topological polar surface area (TPSA) is 73.6 Å². The van der Waals surface area contributed by atoms with Crippen LogP contribution in [-0.2, 0) is 21.3 Å². The predicted octanol–water partition coefficient (Wildman–Crippen LogP) is -0.360. The largest absolute Gasteiger partial charge is 0.384 e. The Morgan fingerprint density at radius 1 is 1.60 bits per heavy atom. The van der Waals surface area contributed by atoms with E-state index in [2.05, 4.69) is 10.1 Å². The maximum absolute atomic E-state index is 11.7. The summed E-state index contributed by atoms with van der Waals surface area (Å²) in [6.45, 7) is 0.628. The van der Waals surface area contributed by atoms with Crippen LogP contribution in [0.3, 0.4) is 0 Å². The molecule has 0 N–H and O–H groups in total. The van der Waals surface area contributed by atoms with Crippen LogP contribution in [0.5, 0.6) is 0 Å². The van der Waals surface area contributed by atoms with Crippen LogP contribution >= 0.6 is 0 Å². The van der Waals surface area contributed by atoms with Crippen molar-refractivity contribution in [1.29, 1.82) is 0 Å². The number of rotatable bonds is 4. The fourth-order valence-corrected chi connectivity index (χ4v) is 2.35. The van der Waals surface area contributed by atoms with E-state index in [-0.39, 0.29) is 12.4 Å². The first kappa shape index (κ1) is 10.3. The van der Waals surface area contributed by atoms with Crippen LogP contribution < -0.4 is 0 Å². The van der Waals surface area contributed by atoms with Gasteiger partial charge in [-0.25, -0.2) is 8.42 Å². The Balaban J connectivity index is 2.26. The molecule has 1 aliphatic heterocycles. The maximum atomic E-state index is 11.7. The quantitative estimate of drug-likeness (QED) is 0.706. The Morgan fingerprint density at radius 2 is 2.40 bits per heavy atom. The molecule has 1 aromatic rings. The first-order valence-corrected chi connectivity index (χ1v) is 6.05. The van der Waals surface area contributed by atoms with Crippen molar-refractivity contribution >= 4 is 16.2 Å². The summed E-state index contributed by atoms with van der Waals surface area (Å²) in [7, 11) is -1.92.